The number of anilines is 1. The molecule has 0 radical (unpaired) electrons. The van der Waals surface area contributed by atoms with Gasteiger partial charge in [-0.15, -0.1) is 0 Å². The Hall–Kier alpha value is -1.71. The zero-order chi connectivity index (χ0) is 9.97. The van der Waals surface area contributed by atoms with Crippen molar-refractivity contribution in [2.45, 2.75) is 12.8 Å². The lowest BCUT2D eigenvalue weighted by Gasteiger charge is -2.15. The van der Waals surface area contributed by atoms with Crippen LogP contribution in [0.15, 0.2) is 29.4 Å². The van der Waals surface area contributed by atoms with E-state index in [1.165, 1.54) is 4.57 Å². The van der Waals surface area contributed by atoms with Crippen LogP contribution in [0.2, 0.25) is 0 Å². The minimum atomic E-state index is -0.177. The number of aromatic nitrogens is 1. The summed E-state index contributed by atoms with van der Waals surface area (Å²) in [5.41, 5.74) is 6.48. The molecule has 1 aliphatic rings. The SMILES string of the molecule is Nc1cccn(C2=COCCC2)c1=O. The highest BCUT2D eigenvalue weighted by molar-refractivity contribution is 5.48. The molecule has 1 aliphatic heterocycles. The number of pyridine rings is 1. The molecule has 2 N–H and O–H groups in total. The van der Waals surface area contributed by atoms with E-state index in [0.717, 1.165) is 25.1 Å². The third-order valence-electron chi connectivity index (χ3n) is 2.20. The van der Waals surface area contributed by atoms with Crippen molar-refractivity contribution in [3.05, 3.63) is 34.9 Å². The Morgan fingerprint density at radius 2 is 2.36 bits per heavy atom. The first-order valence-corrected chi connectivity index (χ1v) is 4.57. The predicted molar refractivity (Wildman–Crippen MR) is 54.6 cm³/mol. The van der Waals surface area contributed by atoms with Gasteiger partial charge in [0, 0.05) is 6.20 Å². The molecule has 14 heavy (non-hydrogen) atoms. The third-order valence-corrected chi connectivity index (χ3v) is 2.20. The van der Waals surface area contributed by atoms with Crippen molar-refractivity contribution in [2.75, 3.05) is 12.3 Å². The van der Waals surface area contributed by atoms with Crippen LogP contribution in [-0.2, 0) is 4.74 Å². The summed E-state index contributed by atoms with van der Waals surface area (Å²) in [5.74, 6) is 0. The maximum absolute atomic E-state index is 11.6. The summed E-state index contributed by atoms with van der Waals surface area (Å²) in [4.78, 5) is 11.6. The van der Waals surface area contributed by atoms with Gasteiger partial charge in [-0.05, 0) is 25.0 Å². The molecular weight excluding hydrogens is 180 g/mol. The highest BCUT2D eigenvalue weighted by Crippen LogP contribution is 2.15. The molecule has 2 rings (SSSR count). The zero-order valence-corrected chi connectivity index (χ0v) is 7.77. The summed E-state index contributed by atoms with van der Waals surface area (Å²) in [5, 5.41) is 0. The minimum absolute atomic E-state index is 0.177. The lowest BCUT2D eigenvalue weighted by Crippen LogP contribution is -2.22. The molecule has 0 fully saturated rings. The first kappa shape index (κ1) is 8.87. The second-order valence-electron chi connectivity index (χ2n) is 3.22. The molecule has 0 atom stereocenters. The number of allylic oxidation sites excluding steroid dienone is 1. The van der Waals surface area contributed by atoms with Gasteiger partial charge in [0.15, 0.2) is 0 Å². The first-order valence-electron chi connectivity index (χ1n) is 4.57. The summed E-state index contributed by atoms with van der Waals surface area (Å²) in [7, 11) is 0. The van der Waals surface area contributed by atoms with Gasteiger partial charge in [-0.1, -0.05) is 0 Å². The van der Waals surface area contributed by atoms with Crippen molar-refractivity contribution in [3.63, 3.8) is 0 Å². The van der Waals surface area contributed by atoms with Crippen molar-refractivity contribution in [1.29, 1.82) is 0 Å². The van der Waals surface area contributed by atoms with E-state index in [1.54, 1.807) is 24.6 Å². The first-order chi connectivity index (χ1) is 6.79. The minimum Gasteiger partial charge on any atom is -0.499 e. The Bertz CT molecular complexity index is 420. The van der Waals surface area contributed by atoms with Crippen molar-refractivity contribution in [3.8, 4) is 0 Å². The molecule has 1 aromatic rings. The lowest BCUT2D eigenvalue weighted by atomic mass is 10.2. The van der Waals surface area contributed by atoms with Gasteiger partial charge in [0.05, 0.1) is 18.0 Å². The molecule has 0 saturated heterocycles. The van der Waals surface area contributed by atoms with Crippen molar-refractivity contribution in [1.82, 2.24) is 4.57 Å². The fourth-order valence-corrected chi connectivity index (χ4v) is 1.46. The molecule has 74 valence electrons. The third kappa shape index (κ3) is 1.51. The molecule has 2 heterocycles. The second-order valence-corrected chi connectivity index (χ2v) is 3.22. The van der Waals surface area contributed by atoms with Crippen LogP contribution in [0.25, 0.3) is 5.70 Å². The van der Waals surface area contributed by atoms with E-state index in [-0.39, 0.29) is 11.2 Å². The average Bonchev–Trinajstić information content (AvgIpc) is 2.23. The van der Waals surface area contributed by atoms with Crippen molar-refractivity contribution < 1.29 is 4.74 Å². The van der Waals surface area contributed by atoms with Crippen LogP contribution >= 0.6 is 0 Å². The molecule has 4 heteroatoms. The lowest BCUT2D eigenvalue weighted by molar-refractivity contribution is 0.232. The monoisotopic (exact) mass is 192 g/mol. The zero-order valence-electron chi connectivity index (χ0n) is 7.77. The number of rotatable bonds is 1. The molecule has 0 bridgehead atoms. The average molecular weight is 192 g/mol. The fraction of sp³-hybridized carbons (Fsp3) is 0.300. The van der Waals surface area contributed by atoms with Gasteiger partial charge in [-0.2, -0.15) is 0 Å². The number of ether oxygens (including phenoxy) is 1. The number of nitrogens with two attached hydrogens (primary N) is 1. The Kier molecular flexibility index (Phi) is 2.26. The fourth-order valence-electron chi connectivity index (χ4n) is 1.46. The maximum Gasteiger partial charge on any atom is 0.278 e. The molecular formula is C10H12N2O2. The van der Waals surface area contributed by atoms with E-state index in [2.05, 4.69) is 0 Å². The van der Waals surface area contributed by atoms with Crippen LogP contribution < -0.4 is 11.3 Å². The van der Waals surface area contributed by atoms with E-state index >= 15 is 0 Å². The Morgan fingerprint density at radius 3 is 3.07 bits per heavy atom. The van der Waals surface area contributed by atoms with Crippen LogP contribution in [0.5, 0.6) is 0 Å². The Balaban J connectivity index is 2.46. The van der Waals surface area contributed by atoms with Crippen LogP contribution in [0, 0.1) is 0 Å². The molecule has 0 unspecified atom stereocenters. The van der Waals surface area contributed by atoms with Crippen molar-refractivity contribution in [2.24, 2.45) is 0 Å². The van der Waals surface area contributed by atoms with Crippen molar-refractivity contribution >= 4 is 11.4 Å². The summed E-state index contributed by atoms with van der Waals surface area (Å²) >= 11 is 0. The number of nitrogens with zero attached hydrogens (tertiary/aromatic N) is 1. The summed E-state index contributed by atoms with van der Waals surface area (Å²) in [6.07, 6.45) is 5.12. The van der Waals surface area contributed by atoms with E-state index in [0.29, 0.717) is 0 Å². The van der Waals surface area contributed by atoms with Crippen LogP contribution in [-0.4, -0.2) is 11.2 Å². The number of nitrogen functional groups attached to an aromatic ring is 1. The van der Waals surface area contributed by atoms with Gasteiger partial charge in [0.1, 0.15) is 6.26 Å². The normalized spacial score (nSPS) is 15.9. The molecule has 4 nitrogen and oxygen atoms in total. The smallest absolute Gasteiger partial charge is 0.278 e. The van der Waals surface area contributed by atoms with Crippen LogP contribution in [0.1, 0.15) is 12.8 Å². The van der Waals surface area contributed by atoms with Crippen LogP contribution in [0.4, 0.5) is 5.69 Å². The predicted octanol–water partition coefficient (Wildman–Crippen LogP) is 1.04. The summed E-state index contributed by atoms with van der Waals surface area (Å²) < 4.78 is 6.70. The molecule has 0 amide bonds. The van der Waals surface area contributed by atoms with Gasteiger partial charge in [0.25, 0.3) is 5.56 Å². The Morgan fingerprint density at radius 1 is 1.50 bits per heavy atom. The van der Waals surface area contributed by atoms with E-state index in [4.69, 9.17) is 10.5 Å². The van der Waals surface area contributed by atoms with Gasteiger partial charge < -0.3 is 10.5 Å². The van der Waals surface area contributed by atoms with Gasteiger partial charge >= 0.3 is 0 Å². The van der Waals surface area contributed by atoms with E-state index in [9.17, 15) is 4.79 Å². The topological polar surface area (TPSA) is 57.2 Å². The standard InChI is InChI=1S/C10H12N2O2/c11-9-4-1-5-12(10(9)13)8-3-2-6-14-7-8/h1,4-5,7H,2-3,6,11H2. The van der Waals surface area contributed by atoms with E-state index < -0.39 is 0 Å². The summed E-state index contributed by atoms with van der Waals surface area (Å²) in [6, 6.07) is 3.36. The highest BCUT2D eigenvalue weighted by Gasteiger charge is 2.08. The van der Waals surface area contributed by atoms with Gasteiger partial charge in [0.2, 0.25) is 0 Å². The van der Waals surface area contributed by atoms with E-state index in [1.807, 2.05) is 0 Å². The highest BCUT2D eigenvalue weighted by atomic mass is 16.5. The second kappa shape index (κ2) is 3.57. The molecule has 0 aromatic carbocycles. The molecule has 1 aromatic heterocycles. The molecule has 0 aliphatic carbocycles. The molecule has 0 spiro atoms. The van der Waals surface area contributed by atoms with Gasteiger partial charge in [-0.3, -0.25) is 9.36 Å². The number of hydrogen-bond donors (Lipinski definition) is 1. The van der Waals surface area contributed by atoms with Gasteiger partial charge in [-0.25, -0.2) is 0 Å². The number of hydrogen-bond acceptors (Lipinski definition) is 3. The quantitative estimate of drug-likeness (QED) is 0.723. The molecule has 0 saturated carbocycles. The summed E-state index contributed by atoms with van der Waals surface area (Å²) in [6.45, 7) is 0.723. The largest absolute Gasteiger partial charge is 0.499 e. The Labute approximate surface area is 81.6 Å². The maximum atomic E-state index is 11.6. The van der Waals surface area contributed by atoms with Crippen LogP contribution in [0.3, 0.4) is 0 Å².